The van der Waals surface area contributed by atoms with E-state index in [1.54, 1.807) is 30.3 Å². The van der Waals surface area contributed by atoms with E-state index in [1.807, 2.05) is 19.9 Å². The molecular formula is C21H19ClN4O2. The first kappa shape index (κ1) is 19.5. The Morgan fingerprint density at radius 2 is 1.61 bits per heavy atom. The summed E-state index contributed by atoms with van der Waals surface area (Å²) in [5, 5.41) is 6.31. The maximum atomic E-state index is 12.5. The van der Waals surface area contributed by atoms with Crippen molar-refractivity contribution in [3.05, 3.63) is 76.1 Å². The van der Waals surface area contributed by atoms with Gasteiger partial charge in [-0.2, -0.15) is 0 Å². The average Bonchev–Trinajstić information content (AvgIpc) is 2.65. The molecule has 2 N–H and O–H groups in total. The number of halogens is 1. The highest BCUT2D eigenvalue weighted by molar-refractivity contribution is 6.34. The minimum absolute atomic E-state index is 0.00193. The highest BCUT2D eigenvalue weighted by Gasteiger charge is 2.12. The molecule has 142 valence electrons. The molecule has 0 unspecified atom stereocenters. The molecule has 2 aromatic carbocycles. The molecule has 3 aromatic rings. The number of nitrogens with zero attached hydrogens (tertiary/aromatic N) is 2. The van der Waals surface area contributed by atoms with Crippen LogP contribution in [0.3, 0.4) is 0 Å². The molecule has 0 aliphatic rings. The number of carbonyl (C=O) groups excluding carboxylic acids is 2. The Morgan fingerprint density at radius 3 is 2.18 bits per heavy atom. The van der Waals surface area contributed by atoms with Crippen LogP contribution in [0.5, 0.6) is 0 Å². The summed E-state index contributed by atoms with van der Waals surface area (Å²) in [6.45, 7) is 5.34. The fraction of sp³-hybridized carbons (Fsp3) is 0.143. The van der Waals surface area contributed by atoms with E-state index in [-0.39, 0.29) is 11.7 Å². The van der Waals surface area contributed by atoms with Crippen LogP contribution in [-0.2, 0) is 0 Å². The zero-order valence-electron chi connectivity index (χ0n) is 15.7. The van der Waals surface area contributed by atoms with Gasteiger partial charge in [0.2, 0.25) is 5.95 Å². The van der Waals surface area contributed by atoms with Gasteiger partial charge in [0.1, 0.15) is 0 Å². The van der Waals surface area contributed by atoms with Gasteiger partial charge in [-0.3, -0.25) is 9.59 Å². The number of aryl methyl sites for hydroxylation is 2. The number of amides is 1. The van der Waals surface area contributed by atoms with Crippen LogP contribution >= 0.6 is 11.6 Å². The van der Waals surface area contributed by atoms with Gasteiger partial charge in [0.15, 0.2) is 5.78 Å². The molecule has 0 radical (unpaired) electrons. The first-order valence-electron chi connectivity index (χ1n) is 8.61. The van der Waals surface area contributed by atoms with E-state index in [9.17, 15) is 9.59 Å². The minimum atomic E-state index is -0.341. The van der Waals surface area contributed by atoms with Crippen molar-refractivity contribution in [1.29, 1.82) is 0 Å². The minimum Gasteiger partial charge on any atom is -0.324 e. The van der Waals surface area contributed by atoms with Crippen LogP contribution in [0.25, 0.3) is 0 Å². The molecule has 0 aliphatic carbocycles. The number of hydrogen-bond acceptors (Lipinski definition) is 5. The van der Waals surface area contributed by atoms with Gasteiger partial charge in [-0.1, -0.05) is 17.7 Å². The number of anilines is 3. The van der Waals surface area contributed by atoms with E-state index in [2.05, 4.69) is 20.6 Å². The summed E-state index contributed by atoms with van der Waals surface area (Å²) in [6.07, 6.45) is 2.87. The molecular weight excluding hydrogens is 376 g/mol. The van der Waals surface area contributed by atoms with Crippen molar-refractivity contribution >= 4 is 40.6 Å². The Balaban J connectivity index is 1.70. The Hall–Kier alpha value is -3.25. The lowest BCUT2D eigenvalue weighted by Crippen LogP contribution is -2.14. The second-order valence-electron chi connectivity index (χ2n) is 6.45. The van der Waals surface area contributed by atoms with Gasteiger partial charge in [-0.25, -0.2) is 9.97 Å². The largest absolute Gasteiger partial charge is 0.324 e. The second kappa shape index (κ2) is 8.19. The molecule has 0 saturated carbocycles. The predicted octanol–water partition coefficient (Wildman–Crippen LogP) is 4.95. The van der Waals surface area contributed by atoms with Crippen LogP contribution in [0.4, 0.5) is 17.3 Å². The topological polar surface area (TPSA) is 84.0 Å². The fourth-order valence-corrected chi connectivity index (χ4v) is 3.06. The number of carbonyl (C=O) groups is 2. The molecule has 7 heteroatoms. The summed E-state index contributed by atoms with van der Waals surface area (Å²) < 4.78 is 0. The number of hydrogen-bond donors (Lipinski definition) is 2. The highest BCUT2D eigenvalue weighted by Crippen LogP contribution is 2.27. The first-order chi connectivity index (χ1) is 13.3. The van der Waals surface area contributed by atoms with E-state index >= 15 is 0 Å². The maximum Gasteiger partial charge on any atom is 0.258 e. The van der Waals surface area contributed by atoms with Crippen molar-refractivity contribution in [3.8, 4) is 0 Å². The maximum absolute atomic E-state index is 12.5. The van der Waals surface area contributed by atoms with Crippen molar-refractivity contribution in [2.75, 3.05) is 10.6 Å². The normalized spacial score (nSPS) is 10.4. The van der Waals surface area contributed by atoms with Crippen LogP contribution in [0.15, 0.2) is 48.8 Å². The number of aromatic nitrogens is 2. The third-order valence-electron chi connectivity index (χ3n) is 4.13. The molecule has 6 nitrogen and oxygen atoms in total. The van der Waals surface area contributed by atoms with Crippen molar-refractivity contribution in [3.63, 3.8) is 0 Å². The quantitative estimate of drug-likeness (QED) is 0.598. The Morgan fingerprint density at radius 1 is 0.964 bits per heavy atom. The van der Waals surface area contributed by atoms with Gasteiger partial charge in [-0.15, -0.1) is 0 Å². The summed E-state index contributed by atoms with van der Waals surface area (Å²) in [6, 6.07) is 10.7. The number of ketones is 1. The zero-order chi connectivity index (χ0) is 20.3. The number of nitrogens with one attached hydrogen (secondary N) is 2. The summed E-state index contributed by atoms with van der Waals surface area (Å²) >= 11 is 6.24. The lowest BCUT2D eigenvalue weighted by atomic mass is 10.1. The van der Waals surface area contributed by atoms with Gasteiger partial charge >= 0.3 is 0 Å². The van der Waals surface area contributed by atoms with Gasteiger partial charge in [0.05, 0.1) is 16.3 Å². The second-order valence-corrected chi connectivity index (χ2v) is 6.85. The summed E-state index contributed by atoms with van der Waals surface area (Å²) in [4.78, 5) is 32.1. The van der Waals surface area contributed by atoms with Gasteiger partial charge in [0, 0.05) is 23.6 Å². The summed E-state index contributed by atoms with van der Waals surface area (Å²) in [5.41, 5.74) is 4.16. The smallest absolute Gasteiger partial charge is 0.258 e. The Labute approximate surface area is 168 Å². The summed E-state index contributed by atoms with van der Waals surface area (Å²) in [7, 11) is 0. The molecule has 0 bridgehead atoms. The molecule has 1 aromatic heterocycles. The van der Waals surface area contributed by atoms with Crippen LogP contribution in [-0.4, -0.2) is 21.7 Å². The fourth-order valence-electron chi connectivity index (χ4n) is 2.69. The van der Waals surface area contributed by atoms with Gasteiger partial charge in [0.25, 0.3) is 5.91 Å². The van der Waals surface area contributed by atoms with Crippen molar-refractivity contribution < 1.29 is 9.59 Å². The third kappa shape index (κ3) is 4.53. The number of Topliss-reactive ketones (excluding diaryl/α,β-unsaturated/α-hetero) is 1. The molecule has 0 fully saturated rings. The first-order valence-corrected chi connectivity index (χ1v) is 8.99. The molecule has 28 heavy (non-hydrogen) atoms. The lowest BCUT2D eigenvalue weighted by Gasteiger charge is -2.11. The third-order valence-corrected chi connectivity index (χ3v) is 4.43. The van der Waals surface area contributed by atoms with E-state index in [0.717, 1.165) is 16.8 Å². The number of rotatable bonds is 5. The van der Waals surface area contributed by atoms with E-state index in [0.29, 0.717) is 27.8 Å². The van der Waals surface area contributed by atoms with E-state index < -0.39 is 0 Å². The van der Waals surface area contributed by atoms with Gasteiger partial charge < -0.3 is 10.6 Å². The molecule has 1 amide bonds. The molecule has 0 saturated heterocycles. The van der Waals surface area contributed by atoms with Crippen molar-refractivity contribution in [2.45, 2.75) is 20.8 Å². The number of benzene rings is 2. The summed E-state index contributed by atoms with van der Waals surface area (Å²) in [5.74, 6) is 0.00460. The van der Waals surface area contributed by atoms with Crippen molar-refractivity contribution in [2.24, 2.45) is 0 Å². The van der Waals surface area contributed by atoms with E-state index in [1.165, 1.54) is 19.3 Å². The van der Waals surface area contributed by atoms with Crippen LogP contribution in [0.1, 0.15) is 38.8 Å². The standard InChI is InChI=1S/C21H19ClN4O2/c1-12-8-13(2)19(18(22)9-12)26-20(28)16-10-23-21(24-11-16)25-17-6-4-15(5-7-17)14(3)27/h4-11H,1-3H3,(H,26,28)(H,23,24,25). The van der Waals surface area contributed by atoms with Crippen LogP contribution in [0.2, 0.25) is 5.02 Å². The van der Waals surface area contributed by atoms with Gasteiger partial charge in [-0.05, 0) is 62.2 Å². The molecule has 3 rings (SSSR count). The van der Waals surface area contributed by atoms with Crippen LogP contribution < -0.4 is 10.6 Å². The molecule has 0 spiro atoms. The molecule has 0 aliphatic heterocycles. The average molecular weight is 395 g/mol. The highest BCUT2D eigenvalue weighted by atomic mass is 35.5. The Kier molecular flexibility index (Phi) is 5.70. The predicted molar refractivity (Wildman–Crippen MR) is 111 cm³/mol. The van der Waals surface area contributed by atoms with Crippen molar-refractivity contribution in [1.82, 2.24) is 9.97 Å². The monoisotopic (exact) mass is 394 g/mol. The SMILES string of the molecule is CC(=O)c1ccc(Nc2ncc(C(=O)Nc3c(C)cc(C)cc3Cl)cn2)cc1. The molecule has 1 heterocycles. The zero-order valence-corrected chi connectivity index (χ0v) is 16.5. The lowest BCUT2D eigenvalue weighted by molar-refractivity contribution is 0.101. The van der Waals surface area contributed by atoms with Crippen LogP contribution in [0, 0.1) is 13.8 Å². The van der Waals surface area contributed by atoms with E-state index in [4.69, 9.17) is 11.6 Å². The molecule has 0 atom stereocenters. The Bertz CT molecular complexity index is 1010.